The molecule has 45 heavy (non-hydrogen) atoms. The molecule has 0 aliphatic carbocycles. The Morgan fingerprint density at radius 2 is 1.47 bits per heavy atom. The van der Waals surface area contributed by atoms with Crippen molar-refractivity contribution in [2.24, 2.45) is 0 Å². The number of thiol groups is 1. The minimum Gasteiger partial charge on any atom is -0.495 e. The van der Waals surface area contributed by atoms with Gasteiger partial charge in [-0.15, -0.1) is 12.6 Å². The number of alkyl halides is 3. The number of aryl methyl sites for hydroxylation is 4. The van der Waals surface area contributed by atoms with Crippen molar-refractivity contribution < 1.29 is 22.6 Å². The van der Waals surface area contributed by atoms with Gasteiger partial charge < -0.3 is 19.6 Å². The number of fused-ring (bicyclic) bond motifs is 1. The molecule has 0 aliphatic rings. The maximum atomic E-state index is 12.3. The summed E-state index contributed by atoms with van der Waals surface area (Å²) in [7, 11) is 1.63. The Bertz CT molecular complexity index is 1560. The third-order valence-electron chi connectivity index (χ3n) is 5.44. The van der Waals surface area contributed by atoms with Crippen molar-refractivity contribution in [3.8, 4) is 11.6 Å². The number of nitrogen functional groups attached to an aromatic ring is 1. The van der Waals surface area contributed by atoms with Gasteiger partial charge in [0.05, 0.1) is 19.4 Å². The molecule has 0 saturated carbocycles. The zero-order valence-electron chi connectivity index (χ0n) is 27.3. The van der Waals surface area contributed by atoms with Crippen molar-refractivity contribution >= 4 is 24.0 Å². The largest absolute Gasteiger partial charge is 0.495 e. The lowest BCUT2D eigenvalue weighted by Gasteiger charge is -2.07. The molecule has 0 atom stereocenters. The van der Waals surface area contributed by atoms with Gasteiger partial charge >= 0.3 is 6.18 Å². The van der Waals surface area contributed by atoms with Crippen molar-refractivity contribution in [1.29, 1.82) is 0 Å². The first kappa shape index (κ1) is 38.8. The predicted molar refractivity (Wildman–Crippen MR) is 179 cm³/mol. The quantitative estimate of drug-likeness (QED) is 0.151. The van der Waals surface area contributed by atoms with Crippen LogP contribution in [0.15, 0.2) is 84.3 Å². The number of halogens is 3. The molecule has 5 rings (SSSR count). The maximum Gasteiger partial charge on any atom is 0.434 e. The van der Waals surface area contributed by atoms with Gasteiger partial charge in [0.25, 0.3) is 0 Å². The van der Waals surface area contributed by atoms with E-state index in [4.69, 9.17) is 15.2 Å². The topological polar surface area (TPSA) is 87.6 Å². The molecule has 11 heteroatoms. The van der Waals surface area contributed by atoms with Gasteiger partial charge in [0, 0.05) is 40.9 Å². The molecule has 0 bridgehead atoms. The van der Waals surface area contributed by atoms with Crippen molar-refractivity contribution in [3.63, 3.8) is 0 Å². The number of benzene rings is 1. The van der Waals surface area contributed by atoms with Gasteiger partial charge in [0.15, 0.2) is 5.69 Å². The van der Waals surface area contributed by atoms with Crippen LogP contribution in [0.25, 0.3) is 5.65 Å². The Hall–Kier alpha value is -4.25. The number of hydrogen-bond donors (Lipinski definition) is 2. The second-order valence-electron chi connectivity index (χ2n) is 9.84. The molecule has 0 unspecified atom stereocenters. The summed E-state index contributed by atoms with van der Waals surface area (Å²) in [6, 6.07) is 16.7. The lowest BCUT2D eigenvalue weighted by Crippen LogP contribution is -2.06. The fourth-order valence-electron chi connectivity index (χ4n) is 3.23. The Balaban J connectivity index is 0.000000299. The number of methoxy groups -OCH3 is 1. The summed E-state index contributed by atoms with van der Waals surface area (Å²) in [5.41, 5.74) is 9.95. The average molecular weight is 644 g/mol. The number of aromatic nitrogens is 4. The van der Waals surface area contributed by atoms with E-state index in [1.54, 1.807) is 37.8 Å². The zero-order valence-corrected chi connectivity index (χ0v) is 28.2. The molecule has 0 radical (unpaired) electrons. The highest BCUT2D eigenvalue weighted by atomic mass is 32.1. The Kier molecular flexibility index (Phi) is 16.5. The van der Waals surface area contributed by atoms with E-state index in [0.717, 1.165) is 39.4 Å². The van der Waals surface area contributed by atoms with Crippen molar-refractivity contribution in [2.75, 3.05) is 12.8 Å². The number of imidazole rings is 1. The summed E-state index contributed by atoms with van der Waals surface area (Å²) >= 11 is 4.14. The molecular formula is C34H44F3N5O2S. The Labute approximate surface area is 270 Å². The number of pyridine rings is 3. The minimum absolute atomic E-state index is 0.199. The maximum absolute atomic E-state index is 12.3. The zero-order chi connectivity index (χ0) is 34.2. The van der Waals surface area contributed by atoms with E-state index in [0.29, 0.717) is 11.5 Å². The number of anilines is 1. The number of ether oxygens (including phenoxy) is 2. The first-order valence-electron chi connectivity index (χ1n) is 14.3. The van der Waals surface area contributed by atoms with Crippen LogP contribution in [-0.4, -0.2) is 32.6 Å². The van der Waals surface area contributed by atoms with Gasteiger partial charge in [0.2, 0.25) is 5.88 Å². The highest BCUT2D eigenvalue weighted by Crippen LogP contribution is 2.28. The summed E-state index contributed by atoms with van der Waals surface area (Å²) < 4.78 is 48.4. The molecule has 0 fully saturated rings. The van der Waals surface area contributed by atoms with Crippen LogP contribution in [0, 0.1) is 27.7 Å². The van der Waals surface area contributed by atoms with Crippen molar-refractivity contribution in [1.82, 2.24) is 19.4 Å². The summed E-state index contributed by atoms with van der Waals surface area (Å²) in [5.74, 6) is 1.51. The number of nitrogens with two attached hydrogens (primary N) is 1. The van der Waals surface area contributed by atoms with E-state index in [1.165, 1.54) is 9.96 Å². The fourth-order valence-corrected chi connectivity index (χ4v) is 3.51. The van der Waals surface area contributed by atoms with E-state index in [9.17, 15) is 13.2 Å². The van der Waals surface area contributed by atoms with Crippen molar-refractivity contribution in [2.45, 2.75) is 72.6 Å². The van der Waals surface area contributed by atoms with Gasteiger partial charge in [-0.1, -0.05) is 32.0 Å². The molecule has 0 amide bonds. The number of hydrogen-bond acceptors (Lipinski definition) is 7. The van der Waals surface area contributed by atoms with Crippen molar-refractivity contribution in [3.05, 3.63) is 107 Å². The second-order valence-corrected chi connectivity index (χ2v) is 10.3. The summed E-state index contributed by atoms with van der Waals surface area (Å²) in [6.45, 7) is 15.8. The van der Waals surface area contributed by atoms with Crippen LogP contribution in [0.2, 0.25) is 0 Å². The average Bonchev–Trinajstić information content (AvgIpc) is 3.43. The molecule has 5 aromatic rings. The standard InChI is InChI=1S/C9H7F3N2.C9H13NO.C7H9NO.C7H9NS.C2H6/c1-6-2-3-8-13-7(9(10,11)12)5-14(8)4-6;1-7(2)11-9-5-4-8(3)6-10-9;1-6-3-4-7(9-2)5-8-6;1-5-2-3-6(8)7(9)4-5;1-2/h2-5H,1H3;4-7H,1-3H3;3-5H,1-2H3;2-4,9H,8H2,1H3;1-2H3. The van der Waals surface area contributed by atoms with E-state index >= 15 is 0 Å². The first-order valence-corrected chi connectivity index (χ1v) is 14.8. The number of nitrogens with zero attached hydrogens (tertiary/aromatic N) is 4. The minimum atomic E-state index is -4.38. The van der Waals surface area contributed by atoms with E-state index < -0.39 is 11.9 Å². The summed E-state index contributed by atoms with van der Waals surface area (Å²) in [4.78, 5) is 12.4. The Morgan fingerprint density at radius 1 is 0.822 bits per heavy atom. The molecule has 7 nitrogen and oxygen atoms in total. The van der Waals surface area contributed by atoms with Gasteiger partial charge in [-0.3, -0.25) is 4.98 Å². The molecule has 0 saturated heterocycles. The molecule has 0 aliphatic heterocycles. The smallest absolute Gasteiger partial charge is 0.434 e. The number of rotatable bonds is 3. The van der Waals surface area contributed by atoms with Gasteiger partial charge in [0.1, 0.15) is 11.4 Å². The van der Waals surface area contributed by atoms with Crippen LogP contribution < -0.4 is 15.2 Å². The van der Waals surface area contributed by atoms with Gasteiger partial charge in [-0.25, -0.2) is 9.97 Å². The van der Waals surface area contributed by atoms with Crippen LogP contribution in [0.5, 0.6) is 11.6 Å². The van der Waals surface area contributed by atoms with Crippen LogP contribution in [0.3, 0.4) is 0 Å². The highest BCUT2D eigenvalue weighted by Gasteiger charge is 2.33. The van der Waals surface area contributed by atoms with Crippen LogP contribution >= 0.6 is 12.6 Å². The predicted octanol–water partition coefficient (Wildman–Crippen LogP) is 9.13. The summed E-state index contributed by atoms with van der Waals surface area (Å²) in [6.07, 6.45) is 1.93. The SMILES string of the molecule is CC.COc1ccc(C)nc1.Cc1ccc(N)c(S)c1.Cc1ccc(OC(C)C)nc1.Cc1ccc2nc(C(F)(F)F)cn2c1. The lowest BCUT2D eigenvalue weighted by atomic mass is 10.2. The molecule has 2 N–H and O–H groups in total. The van der Waals surface area contributed by atoms with Crippen LogP contribution in [0.4, 0.5) is 18.9 Å². The fraction of sp³-hybridized carbons (Fsp3) is 0.324. The van der Waals surface area contributed by atoms with E-state index in [-0.39, 0.29) is 6.10 Å². The van der Waals surface area contributed by atoms with Crippen LogP contribution in [-0.2, 0) is 6.18 Å². The van der Waals surface area contributed by atoms with E-state index in [2.05, 4.69) is 27.6 Å². The normalized spacial score (nSPS) is 10.2. The third kappa shape index (κ3) is 14.9. The van der Waals surface area contributed by atoms with Gasteiger partial charge in [-0.2, -0.15) is 13.2 Å². The lowest BCUT2D eigenvalue weighted by molar-refractivity contribution is -0.140. The molecule has 0 spiro atoms. The first-order chi connectivity index (χ1) is 21.2. The third-order valence-corrected chi connectivity index (χ3v) is 5.82. The molecule has 4 heterocycles. The van der Waals surface area contributed by atoms with Gasteiger partial charge in [-0.05, 0) is 88.6 Å². The monoisotopic (exact) mass is 643 g/mol. The highest BCUT2D eigenvalue weighted by molar-refractivity contribution is 7.80. The summed E-state index contributed by atoms with van der Waals surface area (Å²) in [5, 5.41) is 0. The van der Waals surface area contributed by atoms with E-state index in [1.807, 2.05) is 97.9 Å². The molecule has 244 valence electrons. The molecule has 4 aromatic heterocycles. The molecule has 1 aromatic carbocycles. The second kappa shape index (κ2) is 19.2. The van der Waals surface area contributed by atoms with Crippen LogP contribution in [0.1, 0.15) is 55.8 Å². The molecular weight excluding hydrogens is 599 g/mol. The Morgan fingerprint density at radius 3 is 1.96 bits per heavy atom.